The molecule has 0 saturated carbocycles. The Balaban J connectivity index is 2.16. The lowest BCUT2D eigenvalue weighted by Gasteiger charge is -2.28. The van der Waals surface area contributed by atoms with Crippen molar-refractivity contribution < 1.29 is 4.74 Å². The van der Waals surface area contributed by atoms with Gasteiger partial charge >= 0.3 is 0 Å². The van der Waals surface area contributed by atoms with Gasteiger partial charge in [0.15, 0.2) is 5.82 Å². The van der Waals surface area contributed by atoms with E-state index in [-0.39, 0.29) is 5.56 Å². The minimum absolute atomic E-state index is 0.00690. The van der Waals surface area contributed by atoms with Crippen molar-refractivity contribution in [2.75, 3.05) is 31.2 Å². The van der Waals surface area contributed by atoms with Crippen molar-refractivity contribution in [2.45, 2.75) is 19.9 Å². The molecule has 0 atom stereocenters. The summed E-state index contributed by atoms with van der Waals surface area (Å²) in [6.07, 6.45) is 0.927. The Kier molecular flexibility index (Phi) is 3.69. The van der Waals surface area contributed by atoms with E-state index in [1.165, 1.54) is 0 Å². The molecule has 0 N–H and O–H groups in total. The maximum Gasteiger partial charge on any atom is 0.294 e. The van der Waals surface area contributed by atoms with Gasteiger partial charge in [-0.1, -0.05) is 19.1 Å². The van der Waals surface area contributed by atoms with Gasteiger partial charge in [0.2, 0.25) is 0 Å². The van der Waals surface area contributed by atoms with Gasteiger partial charge in [0.05, 0.1) is 24.2 Å². The molecule has 1 fully saturated rings. The lowest BCUT2D eigenvalue weighted by molar-refractivity contribution is 0.122. The van der Waals surface area contributed by atoms with Gasteiger partial charge in [-0.3, -0.25) is 4.79 Å². The lowest BCUT2D eigenvalue weighted by atomic mass is 10.2. The van der Waals surface area contributed by atoms with Crippen LogP contribution in [0.4, 0.5) is 5.82 Å². The summed E-state index contributed by atoms with van der Waals surface area (Å²) >= 11 is 0. The number of benzene rings is 1. The van der Waals surface area contributed by atoms with E-state index < -0.39 is 0 Å². The Hall–Kier alpha value is -1.88. The molecule has 20 heavy (non-hydrogen) atoms. The summed E-state index contributed by atoms with van der Waals surface area (Å²) in [4.78, 5) is 19.3. The van der Waals surface area contributed by atoms with Crippen molar-refractivity contribution in [3.8, 4) is 0 Å². The number of ether oxygens (including phenoxy) is 1. The minimum Gasteiger partial charge on any atom is -0.378 e. The highest BCUT2D eigenvalue weighted by atomic mass is 16.5. The third kappa shape index (κ3) is 2.29. The normalized spacial score (nSPS) is 15.8. The molecule has 0 bridgehead atoms. The molecular formula is C15H19N3O2. The quantitative estimate of drug-likeness (QED) is 0.853. The molecule has 2 heterocycles. The van der Waals surface area contributed by atoms with Gasteiger partial charge in [-0.05, 0) is 18.6 Å². The number of para-hydroxylation sites is 2. The van der Waals surface area contributed by atoms with E-state index in [2.05, 4.69) is 11.9 Å². The van der Waals surface area contributed by atoms with Crippen LogP contribution in [0.3, 0.4) is 0 Å². The number of aryl methyl sites for hydroxylation is 1. The van der Waals surface area contributed by atoms with Gasteiger partial charge < -0.3 is 14.2 Å². The molecular weight excluding hydrogens is 254 g/mol. The first-order valence-corrected chi connectivity index (χ1v) is 7.13. The second-order valence-electron chi connectivity index (χ2n) is 4.98. The van der Waals surface area contributed by atoms with E-state index in [1.807, 2.05) is 33.7 Å². The van der Waals surface area contributed by atoms with E-state index in [1.54, 1.807) is 0 Å². The number of nitrogens with zero attached hydrogens (tertiary/aromatic N) is 3. The van der Waals surface area contributed by atoms with Crippen LogP contribution in [0.25, 0.3) is 11.0 Å². The Bertz CT molecular complexity index is 660. The summed E-state index contributed by atoms with van der Waals surface area (Å²) in [5.41, 5.74) is 1.80. The topological polar surface area (TPSA) is 47.4 Å². The van der Waals surface area contributed by atoms with Gasteiger partial charge in [-0.2, -0.15) is 0 Å². The predicted octanol–water partition coefficient (Wildman–Crippen LogP) is 1.64. The Labute approximate surface area is 117 Å². The zero-order valence-electron chi connectivity index (χ0n) is 11.7. The van der Waals surface area contributed by atoms with Crippen molar-refractivity contribution >= 4 is 16.9 Å². The van der Waals surface area contributed by atoms with Crippen LogP contribution in [0, 0.1) is 0 Å². The maximum absolute atomic E-state index is 12.7. The van der Waals surface area contributed by atoms with E-state index >= 15 is 0 Å². The fourth-order valence-electron chi connectivity index (χ4n) is 2.61. The molecule has 3 rings (SSSR count). The van der Waals surface area contributed by atoms with Crippen LogP contribution < -0.4 is 10.5 Å². The number of hydrogen-bond acceptors (Lipinski definition) is 4. The van der Waals surface area contributed by atoms with Gasteiger partial charge in [0.1, 0.15) is 0 Å². The monoisotopic (exact) mass is 273 g/mol. The maximum atomic E-state index is 12.7. The summed E-state index contributed by atoms with van der Waals surface area (Å²) in [5.74, 6) is 0.556. The number of morpholine rings is 1. The van der Waals surface area contributed by atoms with Crippen molar-refractivity contribution in [1.82, 2.24) is 9.55 Å². The van der Waals surface area contributed by atoms with Crippen LogP contribution in [0.1, 0.15) is 13.3 Å². The van der Waals surface area contributed by atoms with Crippen LogP contribution >= 0.6 is 0 Å². The smallest absolute Gasteiger partial charge is 0.294 e. The number of rotatable bonds is 3. The third-order valence-electron chi connectivity index (χ3n) is 3.59. The fourth-order valence-corrected chi connectivity index (χ4v) is 2.61. The van der Waals surface area contributed by atoms with Gasteiger partial charge in [0.25, 0.3) is 5.56 Å². The van der Waals surface area contributed by atoms with E-state index in [0.717, 1.165) is 37.1 Å². The van der Waals surface area contributed by atoms with Crippen molar-refractivity contribution in [3.05, 3.63) is 34.6 Å². The zero-order valence-corrected chi connectivity index (χ0v) is 11.7. The summed E-state index contributed by atoms with van der Waals surface area (Å²) < 4.78 is 7.19. The molecule has 5 heteroatoms. The first-order chi connectivity index (χ1) is 9.81. The molecule has 2 aromatic rings. The average Bonchev–Trinajstić information content (AvgIpc) is 2.51. The molecule has 0 aliphatic carbocycles. The highest BCUT2D eigenvalue weighted by molar-refractivity contribution is 5.76. The first-order valence-electron chi connectivity index (χ1n) is 7.13. The molecule has 1 aliphatic rings. The van der Waals surface area contributed by atoms with Gasteiger partial charge in [-0.15, -0.1) is 0 Å². The summed E-state index contributed by atoms with van der Waals surface area (Å²) in [6.45, 7) is 5.57. The first kappa shape index (κ1) is 13.1. The van der Waals surface area contributed by atoms with Gasteiger partial charge in [-0.25, -0.2) is 4.98 Å². The molecule has 5 nitrogen and oxygen atoms in total. The molecule has 1 aliphatic heterocycles. The third-order valence-corrected chi connectivity index (χ3v) is 3.59. The van der Waals surface area contributed by atoms with E-state index in [0.29, 0.717) is 19.0 Å². The van der Waals surface area contributed by atoms with Crippen LogP contribution in [0.15, 0.2) is 29.1 Å². The number of fused-ring (bicyclic) bond motifs is 1. The molecule has 0 amide bonds. The molecule has 1 aromatic carbocycles. The Morgan fingerprint density at radius 2 is 2.00 bits per heavy atom. The predicted molar refractivity (Wildman–Crippen MR) is 79.3 cm³/mol. The van der Waals surface area contributed by atoms with Crippen LogP contribution in [0.2, 0.25) is 0 Å². The van der Waals surface area contributed by atoms with Crippen molar-refractivity contribution in [2.24, 2.45) is 0 Å². The van der Waals surface area contributed by atoms with Crippen LogP contribution in [-0.4, -0.2) is 35.9 Å². The Morgan fingerprint density at radius 3 is 2.75 bits per heavy atom. The standard InChI is InChI=1S/C15H19N3O2/c1-2-7-18-13-6-4-3-5-12(13)16-14(15(18)19)17-8-10-20-11-9-17/h3-6H,2,7-11H2,1H3. The second-order valence-corrected chi connectivity index (χ2v) is 4.98. The van der Waals surface area contributed by atoms with E-state index in [9.17, 15) is 4.79 Å². The average molecular weight is 273 g/mol. The lowest BCUT2D eigenvalue weighted by Crippen LogP contribution is -2.41. The molecule has 0 radical (unpaired) electrons. The molecule has 0 unspecified atom stereocenters. The van der Waals surface area contributed by atoms with Crippen molar-refractivity contribution in [1.29, 1.82) is 0 Å². The summed E-state index contributed by atoms with van der Waals surface area (Å²) in [6, 6.07) is 7.83. The number of hydrogen-bond donors (Lipinski definition) is 0. The summed E-state index contributed by atoms with van der Waals surface area (Å²) in [7, 11) is 0. The van der Waals surface area contributed by atoms with Gasteiger partial charge in [0, 0.05) is 19.6 Å². The Morgan fingerprint density at radius 1 is 1.25 bits per heavy atom. The minimum atomic E-state index is 0.00690. The number of aromatic nitrogens is 2. The number of anilines is 1. The van der Waals surface area contributed by atoms with Crippen LogP contribution in [-0.2, 0) is 11.3 Å². The second kappa shape index (κ2) is 5.63. The van der Waals surface area contributed by atoms with E-state index in [4.69, 9.17) is 4.74 Å². The highest BCUT2D eigenvalue weighted by Gasteiger charge is 2.18. The molecule has 106 valence electrons. The largest absolute Gasteiger partial charge is 0.378 e. The molecule has 1 saturated heterocycles. The highest BCUT2D eigenvalue weighted by Crippen LogP contribution is 2.15. The molecule has 1 aromatic heterocycles. The van der Waals surface area contributed by atoms with Crippen molar-refractivity contribution in [3.63, 3.8) is 0 Å². The summed E-state index contributed by atoms with van der Waals surface area (Å²) in [5, 5.41) is 0. The fraction of sp³-hybridized carbons (Fsp3) is 0.467. The molecule has 0 spiro atoms. The SMILES string of the molecule is CCCn1c(=O)c(N2CCOCC2)nc2ccccc21. The van der Waals surface area contributed by atoms with Crippen LogP contribution in [0.5, 0.6) is 0 Å². The zero-order chi connectivity index (χ0) is 13.9.